The lowest BCUT2D eigenvalue weighted by atomic mass is 9.80. The summed E-state index contributed by atoms with van der Waals surface area (Å²) in [5.41, 5.74) is 0.197. The molecular formula is C16H25F2N. The first kappa shape index (κ1) is 16.1. The Morgan fingerprint density at radius 3 is 2.42 bits per heavy atom. The van der Waals surface area contributed by atoms with Gasteiger partial charge in [0.25, 0.3) is 0 Å². The third kappa shape index (κ3) is 4.27. The zero-order valence-electron chi connectivity index (χ0n) is 12.6. The van der Waals surface area contributed by atoms with Crippen molar-refractivity contribution in [2.24, 2.45) is 5.92 Å². The van der Waals surface area contributed by atoms with Crippen molar-refractivity contribution in [1.29, 1.82) is 0 Å². The molecule has 0 aliphatic rings. The lowest BCUT2D eigenvalue weighted by molar-refractivity contribution is 0.401. The van der Waals surface area contributed by atoms with Gasteiger partial charge in [-0.25, -0.2) is 8.78 Å². The second kappa shape index (κ2) is 6.47. The molecule has 0 atom stereocenters. The Bertz CT molecular complexity index is 425. The molecule has 0 bridgehead atoms. The van der Waals surface area contributed by atoms with E-state index in [1.54, 1.807) is 6.92 Å². The van der Waals surface area contributed by atoms with Crippen LogP contribution in [0.15, 0.2) is 12.1 Å². The fourth-order valence-corrected chi connectivity index (χ4v) is 2.19. The monoisotopic (exact) mass is 269 g/mol. The molecule has 0 spiro atoms. The largest absolute Gasteiger partial charge is 0.316 e. The molecule has 0 aliphatic carbocycles. The molecule has 0 aromatic heterocycles. The maximum atomic E-state index is 14.1. The van der Waals surface area contributed by atoms with Gasteiger partial charge in [0.2, 0.25) is 0 Å². The highest BCUT2D eigenvalue weighted by Gasteiger charge is 2.28. The van der Waals surface area contributed by atoms with E-state index >= 15 is 0 Å². The molecule has 0 saturated heterocycles. The highest BCUT2D eigenvalue weighted by atomic mass is 19.1. The van der Waals surface area contributed by atoms with Crippen molar-refractivity contribution in [3.05, 3.63) is 34.9 Å². The standard InChI is InChI=1S/C16H25F2N/c1-11(2)10-19-9-8-16(4,5)14-13(17)7-6-12(3)15(14)18/h6-7,11,19H,8-10H2,1-5H3. The van der Waals surface area contributed by atoms with Crippen LogP contribution in [-0.4, -0.2) is 13.1 Å². The molecule has 0 saturated carbocycles. The SMILES string of the molecule is Cc1ccc(F)c(C(C)(C)CCNCC(C)C)c1F. The fraction of sp³-hybridized carbons (Fsp3) is 0.625. The van der Waals surface area contributed by atoms with Crippen LogP contribution in [0.5, 0.6) is 0 Å². The predicted octanol–water partition coefficient (Wildman–Crippen LogP) is 4.19. The van der Waals surface area contributed by atoms with Gasteiger partial charge in [-0.1, -0.05) is 33.8 Å². The van der Waals surface area contributed by atoms with Gasteiger partial charge in [-0.3, -0.25) is 0 Å². The number of halogens is 2. The van der Waals surface area contributed by atoms with Gasteiger partial charge in [0.1, 0.15) is 11.6 Å². The Labute approximate surface area is 115 Å². The summed E-state index contributed by atoms with van der Waals surface area (Å²) >= 11 is 0. The summed E-state index contributed by atoms with van der Waals surface area (Å²) < 4.78 is 28.0. The Balaban J connectivity index is 2.79. The maximum absolute atomic E-state index is 14.1. The average molecular weight is 269 g/mol. The molecule has 0 heterocycles. The van der Waals surface area contributed by atoms with E-state index in [0.717, 1.165) is 13.1 Å². The minimum atomic E-state index is -0.510. The molecule has 0 radical (unpaired) electrons. The van der Waals surface area contributed by atoms with E-state index in [0.29, 0.717) is 17.9 Å². The van der Waals surface area contributed by atoms with Crippen LogP contribution in [0.1, 0.15) is 45.2 Å². The van der Waals surface area contributed by atoms with E-state index in [1.807, 2.05) is 13.8 Å². The highest BCUT2D eigenvalue weighted by Crippen LogP contribution is 2.32. The van der Waals surface area contributed by atoms with Crippen molar-refractivity contribution < 1.29 is 8.78 Å². The molecule has 1 aromatic rings. The Morgan fingerprint density at radius 2 is 1.84 bits per heavy atom. The summed E-state index contributed by atoms with van der Waals surface area (Å²) in [5, 5.41) is 3.32. The molecular weight excluding hydrogens is 244 g/mol. The van der Waals surface area contributed by atoms with Crippen LogP contribution < -0.4 is 5.32 Å². The van der Waals surface area contributed by atoms with Crippen molar-refractivity contribution in [3.63, 3.8) is 0 Å². The highest BCUT2D eigenvalue weighted by molar-refractivity contribution is 5.32. The van der Waals surface area contributed by atoms with E-state index in [-0.39, 0.29) is 5.56 Å². The fourth-order valence-electron chi connectivity index (χ4n) is 2.19. The Hall–Kier alpha value is -0.960. The quantitative estimate of drug-likeness (QED) is 0.764. The van der Waals surface area contributed by atoms with E-state index in [4.69, 9.17) is 0 Å². The topological polar surface area (TPSA) is 12.0 Å². The second-order valence-corrected chi connectivity index (χ2v) is 6.29. The summed E-state index contributed by atoms with van der Waals surface area (Å²) in [4.78, 5) is 0. The van der Waals surface area contributed by atoms with Gasteiger partial charge in [-0.2, -0.15) is 0 Å². The zero-order valence-corrected chi connectivity index (χ0v) is 12.6. The first-order valence-electron chi connectivity index (χ1n) is 6.91. The maximum Gasteiger partial charge on any atom is 0.132 e. The number of benzene rings is 1. The number of aryl methyl sites for hydroxylation is 1. The molecule has 0 fully saturated rings. The molecule has 1 rings (SSSR count). The molecule has 0 unspecified atom stereocenters. The summed E-state index contributed by atoms with van der Waals surface area (Å²) in [6.45, 7) is 11.4. The summed E-state index contributed by atoms with van der Waals surface area (Å²) in [6.07, 6.45) is 0.705. The Kier molecular flexibility index (Phi) is 5.48. The van der Waals surface area contributed by atoms with Crippen LogP contribution in [0.4, 0.5) is 8.78 Å². The molecule has 0 amide bonds. The van der Waals surface area contributed by atoms with E-state index < -0.39 is 17.0 Å². The van der Waals surface area contributed by atoms with Gasteiger partial charge >= 0.3 is 0 Å². The zero-order chi connectivity index (χ0) is 14.6. The van der Waals surface area contributed by atoms with Crippen LogP contribution >= 0.6 is 0 Å². The molecule has 1 aromatic carbocycles. The first-order chi connectivity index (χ1) is 8.75. The van der Waals surface area contributed by atoms with Crippen molar-refractivity contribution in [3.8, 4) is 0 Å². The number of hydrogen-bond acceptors (Lipinski definition) is 1. The molecule has 19 heavy (non-hydrogen) atoms. The van der Waals surface area contributed by atoms with Crippen molar-refractivity contribution >= 4 is 0 Å². The summed E-state index contributed by atoms with van der Waals surface area (Å²) in [5.74, 6) is -0.277. The Morgan fingerprint density at radius 1 is 1.21 bits per heavy atom. The van der Waals surface area contributed by atoms with Crippen LogP contribution in [-0.2, 0) is 5.41 Å². The van der Waals surface area contributed by atoms with Gasteiger partial charge < -0.3 is 5.32 Å². The van der Waals surface area contributed by atoms with Crippen LogP contribution in [0.2, 0.25) is 0 Å². The molecule has 1 nitrogen and oxygen atoms in total. The van der Waals surface area contributed by atoms with Crippen molar-refractivity contribution in [2.75, 3.05) is 13.1 Å². The second-order valence-electron chi connectivity index (χ2n) is 6.29. The molecule has 108 valence electrons. The molecule has 1 N–H and O–H groups in total. The minimum Gasteiger partial charge on any atom is -0.316 e. The molecule has 3 heteroatoms. The van der Waals surface area contributed by atoms with Crippen LogP contribution in [0.3, 0.4) is 0 Å². The van der Waals surface area contributed by atoms with Gasteiger partial charge in [0.15, 0.2) is 0 Å². The van der Waals surface area contributed by atoms with Gasteiger partial charge in [-0.15, -0.1) is 0 Å². The lowest BCUT2D eigenvalue weighted by Crippen LogP contribution is -2.29. The molecule has 0 aliphatic heterocycles. The smallest absolute Gasteiger partial charge is 0.132 e. The van der Waals surface area contributed by atoms with Crippen LogP contribution in [0.25, 0.3) is 0 Å². The normalized spacial score (nSPS) is 12.2. The lowest BCUT2D eigenvalue weighted by Gasteiger charge is -2.27. The average Bonchev–Trinajstić information content (AvgIpc) is 2.29. The van der Waals surface area contributed by atoms with E-state index in [2.05, 4.69) is 19.2 Å². The summed E-state index contributed by atoms with van der Waals surface area (Å²) in [6, 6.07) is 2.85. The number of rotatable bonds is 6. The minimum absolute atomic E-state index is 0.207. The van der Waals surface area contributed by atoms with Crippen molar-refractivity contribution in [1.82, 2.24) is 5.32 Å². The van der Waals surface area contributed by atoms with Gasteiger partial charge in [0.05, 0.1) is 0 Å². The van der Waals surface area contributed by atoms with Gasteiger partial charge in [-0.05, 0) is 49.4 Å². The third-order valence-electron chi connectivity index (χ3n) is 3.44. The predicted molar refractivity (Wildman–Crippen MR) is 76.4 cm³/mol. The van der Waals surface area contributed by atoms with E-state index in [1.165, 1.54) is 12.1 Å². The van der Waals surface area contributed by atoms with Crippen LogP contribution in [0, 0.1) is 24.5 Å². The number of hydrogen-bond donors (Lipinski definition) is 1. The van der Waals surface area contributed by atoms with Gasteiger partial charge in [0, 0.05) is 5.56 Å². The van der Waals surface area contributed by atoms with Crippen molar-refractivity contribution in [2.45, 2.75) is 46.5 Å². The number of nitrogens with one attached hydrogen (secondary N) is 1. The third-order valence-corrected chi connectivity index (χ3v) is 3.44. The van der Waals surface area contributed by atoms with E-state index in [9.17, 15) is 8.78 Å². The summed E-state index contributed by atoms with van der Waals surface area (Å²) in [7, 11) is 0. The first-order valence-corrected chi connectivity index (χ1v) is 6.91.